The van der Waals surface area contributed by atoms with Crippen LogP contribution in [-0.2, 0) is 25.7 Å². The number of aromatic hydroxyl groups is 1. The van der Waals surface area contributed by atoms with Crippen molar-refractivity contribution >= 4 is 68.8 Å². The monoisotopic (exact) mass is 608 g/mol. The third kappa shape index (κ3) is 5.44. The number of β-lactam (4-membered cyclic amide) rings is 1. The Hall–Kier alpha value is -3.81. The first-order valence-electron chi connectivity index (χ1n) is 12.7. The highest BCUT2D eigenvalue weighted by Crippen LogP contribution is 2.41. The lowest BCUT2D eigenvalue weighted by molar-refractivity contribution is -0.150. The van der Waals surface area contributed by atoms with Gasteiger partial charge >= 0.3 is 5.97 Å². The van der Waals surface area contributed by atoms with Crippen molar-refractivity contribution in [2.45, 2.75) is 28.7 Å². The Morgan fingerprint density at radius 2 is 1.93 bits per heavy atom. The number of phenols is 1. The van der Waals surface area contributed by atoms with Crippen LogP contribution in [0.2, 0.25) is 0 Å². The molecule has 2 saturated heterocycles. The van der Waals surface area contributed by atoms with E-state index in [4.69, 9.17) is 0 Å². The highest BCUT2D eigenvalue weighted by atomic mass is 32.2. The fourth-order valence-electron chi connectivity index (χ4n) is 4.99. The minimum absolute atomic E-state index is 0.0860. The maximum atomic E-state index is 13.0. The van der Waals surface area contributed by atoms with Crippen LogP contribution in [0.3, 0.4) is 0 Å². The van der Waals surface area contributed by atoms with E-state index in [-0.39, 0.29) is 34.8 Å². The quantitative estimate of drug-likeness (QED) is 0.200. The molecule has 2 fully saturated rings. The van der Waals surface area contributed by atoms with Crippen molar-refractivity contribution in [1.82, 2.24) is 20.1 Å². The van der Waals surface area contributed by atoms with Gasteiger partial charge in [0.25, 0.3) is 5.91 Å². The van der Waals surface area contributed by atoms with Gasteiger partial charge in [0.1, 0.15) is 22.9 Å². The van der Waals surface area contributed by atoms with E-state index in [1.807, 2.05) is 24.3 Å². The van der Waals surface area contributed by atoms with Gasteiger partial charge in [-0.3, -0.25) is 19.3 Å². The largest absolute Gasteiger partial charge is 0.508 e. The first-order chi connectivity index (χ1) is 19.8. The van der Waals surface area contributed by atoms with Crippen LogP contribution in [0.1, 0.15) is 12.0 Å². The van der Waals surface area contributed by atoms with Crippen LogP contribution in [0.4, 0.5) is 0 Å². The summed E-state index contributed by atoms with van der Waals surface area (Å²) in [5, 5.41) is 21.7. The number of thiazole rings is 1. The number of fused-ring (bicyclic) bond motifs is 2. The number of rotatable bonds is 8. The highest BCUT2D eigenvalue weighted by Gasteiger charge is 2.54. The number of carbonyl (C=O) groups excluding carboxylic acids is 3. The lowest BCUT2D eigenvalue weighted by Gasteiger charge is -2.49. The zero-order chi connectivity index (χ0) is 28.7. The summed E-state index contributed by atoms with van der Waals surface area (Å²) in [4.78, 5) is 58.4. The summed E-state index contributed by atoms with van der Waals surface area (Å²) in [6.45, 7) is 0.865. The number of benzene rings is 2. The van der Waals surface area contributed by atoms with E-state index in [2.05, 4.69) is 10.3 Å². The van der Waals surface area contributed by atoms with Gasteiger partial charge in [0.15, 0.2) is 4.34 Å². The molecule has 3 amide bonds. The van der Waals surface area contributed by atoms with E-state index in [0.717, 1.165) is 20.1 Å². The van der Waals surface area contributed by atoms with E-state index in [1.54, 1.807) is 35.2 Å². The second-order valence-corrected chi connectivity index (χ2v) is 13.0. The third-order valence-electron chi connectivity index (χ3n) is 6.99. The predicted molar refractivity (Wildman–Crippen MR) is 156 cm³/mol. The Morgan fingerprint density at radius 3 is 2.68 bits per heavy atom. The molecule has 2 atom stereocenters. The molecule has 3 N–H and O–H groups in total. The Labute approximate surface area is 247 Å². The molecule has 2 aromatic carbocycles. The molecule has 1 aromatic heterocycles. The molecule has 4 heterocycles. The number of carboxylic acid groups (broad SMARTS) is 1. The number of carbonyl (C=O) groups is 4. The normalized spacial score (nSPS) is 21.4. The standard InChI is InChI=1S/C28H24N4O6S3/c33-18-7-5-15(6-8-18)12-31-10-9-16(24(31)35)11-17-13-39-26-22(25(36)32(26)23(17)27(37)38)30-21(34)14-40-28-29-19-3-1-2-4-20(19)41-28/h1-8,11,22,26,33H,9-10,12-14H2,(H,30,34)(H,37,38)/t22-,26-/m1/s1. The smallest absolute Gasteiger partial charge is 0.352 e. The van der Waals surface area contributed by atoms with Crippen LogP contribution >= 0.6 is 34.9 Å². The number of aliphatic carboxylic acids is 1. The van der Waals surface area contributed by atoms with Crippen molar-refractivity contribution in [1.29, 1.82) is 0 Å². The first-order valence-corrected chi connectivity index (χ1v) is 15.6. The maximum Gasteiger partial charge on any atom is 0.352 e. The number of aromatic nitrogens is 1. The number of amides is 3. The molecule has 3 aliphatic rings. The van der Waals surface area contributed by atoms with Crippen molar-refractivity contribution in [2.24, 2.45) is 0 Å². The molecule has 13 heteroatoms. The van der Waals surface area contributed by atoms with Crippen molar-refractivity contribution in [3.8, 4) is 5.75 Å². The molecule has 210 valence electrons. The van der Waals surface area contributed by atoms with E-state index in [0.29, 0.717) is 30.7 Å². The maximum absolute atomic E-state index is 13.0. The van der Waals surface area contributed by atoms with Crippen LogP contribution in [0.25, 0.3) is 10.2 Å². The molecule has 0 saturated carbocycles. The molecular formula is C28H24N4O6S3. The number of hydrogen-bond donors (Lipinski definition) is 3. The summed E-state index contributed by atoms with van der Waals surface area (Å²) >= 11 is 4.15. The highest BCUT2D eigenvalue weighted by molar-refractivity contribution is 8.01. The molecule has 3 aliphatic heterocycles. The third-order valence-corrected chi connectivity index (χ3v) is 10.5. The lowest BCUT2D eigenvalue weighted by Crippen LogP contribution is -2.70. The Morgan fingerprint density at radius 1 is 1.15 bits per heavy atom. The van der Waals surface area contributed by atoms with Gasteiger partial charge < -0.3 is 20.4 Å². The van der Waals surface area contributed by atoms with Crippen LogP contribution < -0.4 is 5.32 Å². The molecule has 0 spiro atoms. The van der Waals surface area contributed by atoms with Gasteiger partial charge in [-0.2, -0.15) is 0 Å². The number of allylic oxidation sites excluding steroid dienone is 1. The SMILES string of the molecule is O=C(CSc1nc2ccccc2s1)N[C@@H]1C(=O)N2C(C(=O)O)=C(C=C3CCN(Cc4ccc(O)cc4)C3=O)CS[C@H]12. The topological polar surface area (TPSA) is 140 Å². The summed E-state index contributed by atoms with van der Waals surface area (Å²) in [7, 11) is 0. The fourth-order valence-corrected chi connectivity index (χ4v) is 8.18. The number of nitrogens with zero attached hydrogens (tertiary/aromatic N) is 3. The number of phenolic OH excluding ortho intramolecular Hbond substituents is 1. The summed E-state index contributed by atoms with van der Waals surface area (Å²) < 4.78 is 1.79. The van der Waals surface area contributed by atoms with Gasteiger partial charge in [-0.05, 0) is 47.9 Å². The Balaban J connectivity index is 1.10. The molecule has 0 unspecified atom stereocenters. The molecule has 0 aliphatic carbocycles. The number of nitrogens with one attached hydrogen (secondary N) is 1. The average molecular weight is 609 g/mol. The number of para-hydroxylation sites is 1. The summed E-state index contributed by atoms with van der Waals surface area (Å²) in [5.74, 6) is -1.73. The van der Waals surface area contributed by atoms with E-state index >= 15 is 0 Å². The van der Waals surface area contributed by atoms with Crippen molar-refractivity contribution in [2.75, 3.05) is 18.1 Å². The van der Waals surface area contributed by atoms with Gasteiger partial charge in [0.05, 0.1) is 16.0 Å². The molecule has 0 radical (unpaired) electrons. The zero-order valence-electron chi connectivity index (χ0n) is 21.5. The lowest BCUT2D eigenvalue weighted by atomic mass is 10.0. The van der Waals surface area contributed by atoms with E-state index in [9.17, 15) is 29.4 Å². The Kier molecular flexibility index (Phi) is 7.49. The molecule has 0 bridgehead atoms. The van der Waals surface area contributed by atoms with Gasteiger partial charge in [0.2, 0.25) is 11.8 Å². The van der Waals surface area contributed by atoms with Crippen molar-refractivity contribution in [3.63, 3.8) is 0 Å². The van der Waals surface area contributed by atoms with Crippen LogP contribution in [0.5, 0.6) is 5.75 Å². The summed E-state index contributed by atoms with van der Waals surface area (Å²) in [6, 6.07) is 13.5. The minimum Gasteiger partial charge on any atom is -0.508 e. The van der Waals surface area contributed by atoms with E-state index < -0.39 is 23.3 Å². The number of likely N-dealkylation sites (tertiary alicyclic amines) is 1. The molecule has 6 rings (SSSR count). The molecule has 41 heavy (non-hydrogen) atoms. The Bertz CT molecular complexity index is 1600. The number of carboxylic acids is 1. The predicted octanol–water partition coefficient (Wildman–Crippen LogP) is 3.19. The van der Waals surface area contributed by atoms with Crippen LogP contribution in [0.15, 0.2) is 75.8 Å². The second-order valence-electron chi connectivity index (χ2n) is 9.68. The molecule has 10 nitrogen and oxygen atoms in total. The van der Waals surface area contributed by atoms with Gasteiger partial charge in [-0.15, -0.1) is 23.1 Å². The molecular weight excluding hydrogens is 585 g/mol. The number of hydrogen-bond acceptors (Lipinski definition) is 9. The summed E-state index contributed by atoms with van der Waals surface area (Å²) in [6.07, 6.45) is 2.06. The van der Waals surface area contributed by atoms with Gasteiger partial charge in [0, 0.05) is 24.4 Å². The van der Waals surface area contributed by atoms with Crippen LogP contribution in [-0.4, -0.2) is 78.2 Å². The van der Waals surface area contributed by atoms with Crippen molar-refractivity contribution in [3.05, 3.63) is 77.0 Å². The van der Waals surface area contributed by atoms with Gasteiger partial charge in [-0.1, -0.05) is 36.0 Å². The number of thioether (sulfide) groups is 2. The summed E-state index contributed by atoms with van der Waals surface area (Å²) in [5.41, 5.74) is 2.48. The first kappa shape index (κ1) is 27.4. The zero-order valence-corrected chi connectivity index (χ0v) is 23.9. The average Bonchev–Trinajstić information content (AvgIpc) is 3.54. The van der Waals surface area contributed by atoms with Crippen molar-refractivity contribution < 1.29 is 29.4 Å². The molecule has 3 aromatic rings. The van der Waals surface area contributed by atoms with E-state index in [1.165, 1.54) is 39.8 Å². The fraction of sp³-hybridized carbons (Fsp3) is 0.250. The minimum atomic E-state index is -1.25. The van der Waals surface area contributed by atoms with Crippen LogP contribution in [0, 0.1) is 0 Å². The van der Waals surface area contributed by atoms with Gasteiger partial charge in [-0.25, -0.2) is 9.78 Å². The second kappa shape index (κ2) is 11.2.